The van der Waals surface area contributed by atoms with Crippen LogP contribution in [-0.2, 0) is 10.2 Å². The van der Waals surface area contributed by atoms with Gasteiger partial charge < -0.3 is 14.2 Å². The van der Waals surface area contributed by atoms with Crippen LogP contribution in [0.1, 0.15) is 10.6 Å². The van der Waals surface area contributed by atoms with Gasteiger partial charge in [0.15, 0.2) is 0 Å². The van der Waals surface area contributed by atoms with E-state index in [1.807, 2.05) is 0 Å². The Kier molecular flexibility index (Phi) is 4.26. The molecule has 1 aromatic heterocycles. The van der Waals surface area contributed by atoms with E-state index < -0.39 is 10.2 Å². The number of carbonyl (C=O) groups excluding carboxylic acids is 1. The van der Waals surface area contributed by atoms with Crippen molar-refractivity contribution < 1.29 is 22.5 Å². The van der Waals surface area contributed by atoms with E-state index in [0.717, 1.165) is 0 Å². The topological polar surface area (TPSA) is 105 Å². The molecule has 1 aromatic rings. The molecule has 0 spiro atoms. The monoisotopic (exact) mass is 304 g/mol. The molecule has 1 N–H and O–H groups in total. The molecule has 0 unspecified atom stereocenters. The third-order valence-corrected chi connectivity index (χ3v) is 4.59. The van der Waals surface area contributed by atoms with Crippen molar-refractivity contribution in [3.05, 3.63) is 11.8 Å². The van der Waals surface area contributed by atoms with Gasteiger partial charge in [0.1, 0.15) is 0 Å². The van der Waals surface area contributed by atoms with Crippen LogP contribution in [0.4, 0.5) is 0 Å². The van der Waals surface area contributed by atoms with Gasteiger partial charge in [-0.15, -0.1) is 0 Å². The van der Waals surface area contributed by atoms with Crippen molar-refractivity contribution in [1.82, 2.24) is 19.1 Å². The summed E-state index contributed by atoms with van der Waals surface area (Å²) in [5.74, 6) is -0.0289. The molecule has 1 saturated heterocycles. The molecule has 20 heavy (non-hydrogen) atoms. The zero-order chi connectivity index (χ0) is 14.8. The highest BCUT2D eigenvalue weighted by atomic mass is 32.2. The average molecular weight is 304 g/mol. The molecule has 9 nitrogen and oxygen atoms in total. The molecule has 2 rings (SSSR count). The van der Waals surface area contributed by atoms with Gasteiger partial charge in [-0.3, -0.25) is 4.79 Å². The van der Waals surface area contributed by atoms with Crippen LogP contribution in [0.3, 0.4) is 0 Å². The lowest BCUT2D eigenvalue weighted by molar-refractivity contribution is 0.0655. The molecule has 10 heteroatoms. The standard InChI is InChI=1S/C10H16N4O5S/c1-11-20(16,17)14-5-3-13(4-6-14)10(15)8-7-9(18-2)12-19-8/h7,11H,3-6H2,1-2H3. The number of hydrogen-bond donors (Lipinski definition) is 1. The first-order chi connectivity index (χ1) is 9.47. The predicted molar refractivity (Wildman–Crippen MR) is 68.5 cm³/mol. The van der Waals surface area contributed by atoms with Crippen LogP contribution in [-0.4, -0.2) is 69.0 Å². The van der Waals surface area contributed by atoms with Crippen molar-refractivity contribution in [2.24, 2.45) is 0 Å². The van der Waals surface area contributed by atoms with Crippen LogP contribution in [0, 0.1) is 0 Å². The average Bonchev–Trinajstić information content (AvgIpc) is 2.95. The maximum atomic E-state index is 12.1. The summed E-state index contributed by atoms with van der Waals surface area (Å²) in [6, 6.07) is 1.40. The lowest BCUT2D eigenvalue weighted by Gasteiger charge is -2.32. The van der Waals surface area contributed by atoms with E-state index in [0.29, 0.717) is 13.1 Å². The zero-order valence-corrected chi connectivity index (χ0v) is 12.0. The SMILES string of the molecule is CNS(=O)(=O)N1CCN(C(=O)c2cc(OC)no2)CC1. The lowest BCUT2D eigenvalue weighted by Crippen LogP contribution is -2.52. The Morgan fingerprint density at radius 1 is 1.40 bits per heavy atom. The minimum Gasteiger partial charge on any atom is -0.479 e. The minimum absolute atomic E-state index is 0.0757. The molecular weight excluding hydrogens is 288 g/mol. The molecule has 0 atom stereocenters. The molecule has 0 radical (unpaired) electrons. The van der Waals surface area contributed by atoms with Crippen molar-refractivity contribution in [3.63, 3.8) is 0 Å². The van der Waals surface area contributed by atoms with Crippen LogP contribution < -0.4 is 9.46 Å². The van der Waals surface area contributed by atoms with Crippen molar-refractivity contribution >= 4 is 16.1 Å². The van der Waals surface area contributed by atoms with Gasteiger partial charge >= 0.3 is 0 Å². The lowest BCUT2D eigenvalue weighted by atomic mass is 10.3. The summed E-state index contributed by atoms with van der Waals surface area (Å²) >= 11 is 0. The van der Waals surface area contributed by atoms with Gasteiger partial charge in [-0.1, -0.05) is 0 Å². The van der Waals surface area contributed by atoms with E-state index in [4.69, 9.17) is 9.26 Å². The Hall–Kier alpha value is -1.65. The summed E-state index contributed by atoms with van der Waals surface area (Å²) in [5.41, 5.74) is 0. The number of aromatic nitrogens is 1. The van der Waals surface area contributed by atoms with Crippen molar-refractivity contribution in [2.75, 3.05) is 40.3 Å². The molecule has 1 amide bonds. The molecule has 2 heterocycles. The van der Waals surface area contributed by atoms with Gasteiger partial charge in [-0.25, -0.2) is 4.72 Å². The van der Waals surface area contributed by atoms with Gasteiger partial charge in [0.25, 0.3) is 22.0 Å². The van der Waals surface area contributed by atoms with Gasteiger partial charge in [0.05, 0.1) is 13.2 Å². The molecule has 1 aliphatic rings. The molecule has 1 aliphatic heterocycles. The molecule has 0 aliphatic carbocycles. The fourth-order valence-electron chi connectivity index (χ4n) is 1.87. The van der Waals surface area contributed by atoms with Crippen LogP contribution in [0.15, 0.2) is 10.6 Å². The quantitative estimate of drug-likeness (QED) is 0.757. The van der Waals surface area contributed by atoms with E-state index in [1.165, 1.54) is 29.4 Å². The number of carbonyl (C=O) groups is 1. The number of nitrogens with one attached hydrogen (secondary N) is 1. The van der Waals surface area contributed by atoms with E-state index in [1.54, 1.807) is 0 Å². The maximum Gasteiger partial charge on any atom is 0.292 e. The summed E-state index contributed by atoms with van der Waals surface area (Å²) in [5, 5.41) is 3.56. The number of ether oxygens (including phenoxy) is 1. The minimum atomic E-state index is -3.45. The zero-order valence-electron chi connectivity index (χ0n) is 11.2. The second-order valence-corrected chi connectivity index (χ2v) is 6.01. The Morgan fingerprint density at radius 3 is 2.55 bits per heavy atom. The van der Waals surface area contributed by atoms with E-state index in [9.17, 15) is 13.2 Å². The van der Waals surface area contributed by atoms with Gasteiger partial charge in [0, 0.05) is 33.2 Å². The number of nitrogens with zero attached hydrogens (tertiary/aromatic N) is 3. The molecule has 0 aromatic carbocycles. The van der Waals surface area contributed by atoms with E-state index in [2.05, 4.69) is 9.88 Å². The Morgan fingerprint density at radius 2 is 2.05 bits per heavy atom. The number of rotatable bonds is 4. The highest BCUT2D eigenvalue weighted by Gasteiger charge is 2.29. The van der Waals surface area contributed by atoms with Crippen molar-refractivity contribution in [3.8, 4) is 5.88 Å². The second kappa shape index (κ2) is 5.77. The smallest absolute Gasteiger partial charge is 0.292 e. The predicted octanol–water partition coefficient (Wildman–Crippen LogP) is -1.09. The first kappa shape index (κ1) is 14.8. The second-order valence-electron chi connectivity index (χ2n) is 4.13. The fourth-order valence-corrected chi connectivity index (χ4v) is 2.77. The number of amides is 1. The third-order valence-electron chi connectivity index (χ3n) is 3.03. The highest BCUT2D eigenvalue weighted by Crippen LogP contribution is 2.15. The fraction of sp³-hybridized carbons (Fsp3) is 0.600. The van der Waals surface area contributed by atoms with Crippen molar-refractivity contribution in [1.29, 1.82) is 0 Å². The number of piperazine rings is 1. The van der Waals surface area contributed by atoms with E-state index >= 15 is 0 Å². The molecule has 0 saturated carbocycles. The number of methoxy groups -OCH3 is 1. The third kappa shape index (κ3) is 2.92. The first-order valence-electron chi connectivity index (χ1n) is 5.96. The Bertz CT molecular complexity index is 576. The molecular formula is C10H16N4O5S. The summed E-state index contributed by atoms with van der Waals surface area (Å²) in [4.78, 5) is 13.6. The summed E-state index contributed by atoms with van der Waals surface area (Å²) in [6.45, 7) is 1.06. The van der Waals surface area contributed by atoms with E-state index in [-0.39, 0.29) is 30.6 Å². The number of hydrogen-bond acceptors (Lipinski definition) is 6. The van der Waals surface area contributed by atoms with Crippen LogP contribution >= 0.6 is 0 Å². The highest BCUT2D eigenvalue weighted by molar-refractivity contribution is 7.87. The molecule has 1 fully saturated rings. The summed E-state index contributed by atoms with van der Waals surface area (Å²) < 4.78 is 36.5. The van der Waals surface area contributed by atoms with Crippen LogP contribution in [0.25, 0.3) is 0 Å². The van der Waals surface area contributed by atoms with Crippen LogP contribution in [0.5, 0.6) is 5.88 Å². The molecule has 0 bridgehead atoms. The normalized spacial score (nSPS) is 17.2. The maximum absolute atomic E-state index is 12.1. The van der Waals surface area contributed by atoms with Gasteiger partial charge in [0.2, 0.25) is 5.76 Å². The largest absolute Gasteiger partial charge is 0.479 e. The summed E-state index contributed by atoms with van der Waals surface area (Å²) in [7, 11) is -0.666. The van der Waals surface area contributed by atoms with Gasteiger partial charge in [-0.05, 0) is 5.16 Å². The summed E-state index contributed by atoms with van der Waals surface area (Å²) in [6.07, 6.45) is 0. The van der Waals surface area contributed by atoms with Gasteiger partial charge in [-0.2, -0.15) is 12.7 Å². The Balaban J connectivity index is 1.98. The Labute approximate surface area is 116 Å². The van der Waals surface area contributed by atoms with Crippen LogP contribution in [0.2, 0.25) is 0 Å². The first-order valence-corrected chi connectivity index (χ1v) is 7.40. The van der Waals surface area contributed by atoms with Crippen molar-refractivity contribution in [2.45, 2.75) is 0 Å². The molecule has 112 valence electrons.